The lowest BCUT2D eigenvalue weighted by Gasteiger charge is -2.28. The second kappa shape index (κ2) is 10.5. The average molecular weight is 510 g/mol. The zero-order valence-corrected chi connectivity index (χ0v) is 21.0. The van der Waals surface area contributed by atoms with Gasteiger partial charge in [0.25, 0.3) is 11.6 Å². The molecule has 13 nitrogen and oxygen atoms in total. The van der Waals surface area contributed by atoms with E-state index in [9.17, 15) is 24.0 Å². The quantitative estimate of drug-likeness (QED) is 0.138. The van der Waals surface area contributed by atoms with Gasteiger partial charge in [0.05, 0.1) is 11.1 Å². The zero-order valence-electron chi connectivity index (χ0n) is 21.0. The first kappa shape index (κ1) is 28.0. The third-order valence-electron chi connectivity index (χ3n) is 4.36. The van der Waals surface area contributed by atoms with E-state index in [1.54, 1.807) is 0 Å². The molecule has 2 aliphatic rings. The van der Waals surface area contributed by atoms with Crippen LogP contribution in [0.15, 0.2) is 46.3 Å². The number of hydrogen-bond acceptors (Lipinski definition) is 13. The summed E-state index contributed by atoms with van der Waals surface area (Å²) in [5.74, 6) is -6.49. The van der Waals surface area contributed by atoms with Crippen molar-refractivity contribution in [2.45, 2.75) is 67.0 Å². The first-order valence-corrected chi connectivity index (χ1v) is 10.5. The molecule has 0 spiro atoms. The van der Waals surface area contributed by atoms with Crippen molar-refractivity contribution in [2.75, 3.05) is 0 Å². The van der Waals surface area contributed by atoms with Crippen LogP contribution in [0.1, 0.15) is 55.4 Å². The number of ketones is 2. The van der Waals surface area contributed by atoms with Crippen LogP contribution >= 0.6 is 0 Å². The van der Waals surface area contributed by atoms with Gasteiger partial charge in [-0.15, -0.1) is 0 Å². The number of allylic oxidation sites excluding steroid dienone is 4. The van der Waals surface area contributed by atoms with Gasteiger partial charge in [-0.3, -0.25) is 9.59 Å². The summed E-state index contributed by atoms with van der Waals surface area (Å²) in [6.07, 6.45) is 0.694. The molecule has 0 amide bonds. The van der Waals surface area contributed by atoms with Gasteiger partial charge in [-0.2, -0.15) is 0 Å². The third-order valence-corrected chi connectivity index (χ3v) is 4.36. The molecular formula is C23H26O13. The average Bonchev–Trinajstić information content (AvgIpc) is 3.62. The Labute approximate surface area is 206 Å². The van der Waals surface area contributed by atoms with E-state index in [2.05, 4.69) is 19.6 Å². The smallest absolute Gasteiger partial charge is 0.420 e. The van der Waals surface area contributed by atoms with Crippen molar-refractivity contribution in [3.05, 3.63) is 46.3 Å². The molecule has 2 saturated heterocycles. The summed E-state index contributed by atoms with van der Waals surface area (Å²) in [7, 11) is 0. The second-order valence-electron chi connectivity index (χ2n) is 8.57. The van der Waals surface area contributed by atoms with Gasteiger partial charge in [0.2, 0.25) is 0 Å². The van der Waals surface area contributed by atoms with Gasteiger partial charge in [-0.05, 0) is 39.8 Å². The van der Waals surface area contributed by atoms with Crippen molar-refractivity contribution >= 4 is 29.7 Å². The minimum Gasteiger partial charge on any atom is -0.420 e. The maximum Gasteiger partial charge on any atom is 0.514 e. The molecule has 0 aromatic heterocycles. The van der Waals surface area contributed by atoms with E-state index in [0.717, 1.165) is 12.2 Å². The molecule has 0 aromatic rings. The van der Waals surface area contributed by atoms with E-state index in [1.165, 1.54) is 55.4 Å². The van der Waals surface area contributed by atoms with Crippen molar-refractivity contribution in [3.63, 3.8) is 0 Å². The highest BCUT2D eigenvalue weighted by Crippen LogP contribution is 2.25. The molecule has 0 N–H and O–H groups in total. The molecule has 0 aliphatic carbocycles. The van der Waals surface area contributed by atoms with Crippen molar-refractivity contribution < 1.29 is 62.5 Å². The van der Waals surface area contributed by atoms with E-state index < -0.39 is 41.2 Å². The van der Waals surface area contributed by atoms with E-state index in [-0.39, 0.29) is 34.2 Å². The van der Waals surface area contributed by atoms with Crippen LogP contribution < -0.4 is 0 Å². The summed E-state index contributed by atoms with van der Waals surface area (Å²) in [5, 5.41) is 0. The SMILES string of the molecule is CC(C(=O)/C=C(\C)C(=O)OC(C)(C)OC(=O)OC(C)(C)OC(=O)/C(C)=C/C(=O)C(C)=C1OO1)=C1OO1. The van der Waals surface area contributed by atoms with Crippen LogP contribution in [0.5, 0.6) is 0 Å². The molecule has 196 valence electrons. The van der Waals surface area contributed by atoms with Crippen LogP contribution in [-0.2, 0) is 57.7 Å². The first-order chi connectivity index (χ1) is 16.5. The lowest BCUT2D eigenvalue weighted by Crippen LogP contribution is -2.39. The molecule has 36 heavy (non-hydrogen) atoms. The largest absolute Gasteiger partial charge is 0.514 e. The molecule has 0 bridgehead atoms. The Morgan fingerprint density at radius 2 is 0.889 bits per heavy atom. The van der Waals surface area contributed by atoms with Gasteiger partial charge >= 0.3 is 30.0 Å². The molecule has 2 aliphatic heterocycles. The van der Waals surface area contributed by atoms with Gasteiger partial charge in [0, 0.05) is 38.8 Å². The van der Waals surface area contributed by atoms with Crippen molar-refractivity contribution in [2.24, 2.45) is 0 Å². The summed E-state index contributed by atoms with van der Waals surface area (Å²) >= 11 is 0. The number of carbonyl (C=O) groups is 5. The number of carbonyl (C=O) groups excluding carboxylic acids is 5. The van der Waals surface area contributed by atoms with Crippen LogP contribution in [0.25, 0.3) is 0 Å². The van der Waals surface area contributed by atoms with Gasteiger partial charge in [0.15, 0.2) is 11.6 Å². The van der Waals surface area contributed by atoms with E-state index in [0.29, 0.717) is 0 Å². The highest BCUT2D eigenvalue weighted by atomic mass is 17.4. The molecule has 2 heterocycles. The van der Waals surface area contributed by atoms with Crippen LogP contribution in [0.3, 0.4) is 0 Å². The third kappa shape index (κ3) is 8.49. The number of esters is 2. The monoisotopic (exact) mass is 510 g/mol. The lowest BCUT2D eigenvalue weighted by molar-refractivity contribution is -0.223. The van der Waals surface area contributed by atoms with Crippen LogP contribution in [0.2, 0.25) is 0 Å². The Hall–Kier alpha value is -4.29. The Bertz CT molecular complexity index is 1020. The Morgan fingerprint density at radius 1 is 0.583 bits per heavy atom. The first-order valence-electron chi connectivity index (χ1n) is 10.5. The number of rotatable bonds is 10. The lowest BCUT2D eigenvalue weighted by atomic mass is 10.1. The summed E-state index contributed by atoms with van der Waals surface area (Å²) in [5.41, 5.74) is 0.154. The standard InChI is InChI=1S/C23H26O13/c1-11(9-15(24)13(3)19-33-34-19)17(26)29-22(5,6)31-21(28)32-23(7,8)30-18(27)12(2)10-16(25)14(4)20-35-36-20/h9-10H,1-8H3/b11-9+,12-10+. The predicted octanol–water partition coefficient (Wildman–Crippen LogP) is 3.12. The molecule has 0 radical (unpaired) electrons. The van der Waals surface area contributed by atoms with Crippen LogP contribution in [0.4, 0.5) is 4.79 Å². The summed E-state index contributed by atoms with van der Waals surface area (Å²) < 4.78 is 20.2. The fourth-order valence-corrected chi connectivity index (χ4v) is 2.29. The summed E-state index contributed by atoms with van der Waals surface area (Å²) in [4.78, 5) is 78.7. The molecule has 0 atom stereocenters. The van der Waals surface area contributed by atoms with Crippen molar-refractivity contribution in [3.8, 4) is 0 Å². The highest BCUT2D eigenvalue weighted by molar-refractivity contribution is 6.08. The Kier molecular flexibility index (Phi) is 8.18. The molecule has 2 fully saturated rings. The van der Waals surface area contributed by atoms with Gasteiger partial charge in [-0.1, -0.05) is 0 Å². The molecule has 13 heteroatoms. The molecule has 0 aromatic carbocycles. The topological polar surface area (TPSA) is 172 Å². The van der Waals surface area contributed by atoms with Gasteiger partial charge in [-0.25, -0.2) is 33.9 Å². The highest BCUT2D eigenvalue weighted by Gasteiger charge is 2.35. The van der Waals surface area contributed by atoms with Crippen LogP contribution in [-0.4, -0.2) is 41.2 Å². The maximum absolute atomic E-state index is 12.3. The fraction of sp³-hybridized carbons (Fsp3) is 0.435. The molecular weight excluding hydrogens is 484 g/mol. The molecule has 0 saturated carbocycles. The Morgan fingerprint density at radius 3 is 1.17 bits per heavy atom. The minimum atomic E-state index is -1.82. The predicted molar refractivity (Wildman–Crippen MR) is 115 cm³/mol. The van der Waals surface area contributed by atoms with E-state index >= 15 is 0 Å². The van der Waals surface area contributed by atoms with Crippen LogP contribution in [0, 0.1) is 0 Å². The second-order valence-corrected chi connectivity index (χ2v) is 8.57. The summed E-state index contributed by atoms with van der Waals surface area (Å²) in [6, 6.07) is 0. The fourth-order valence-electron chi connectivity index (χ4n) is 2.29. The maximum atomic E-state index is 12.3. The van der Waals surface area contributed by atoms with Gasteiger partial charge < -0.3 is 18.9 Å². The van der Waals surface area contributed by atoms with Crippen molar-refractivity contribution in [1.29, 1.82) is 0 Å². The zero-order chi connectivity index (χ0) is 27.4. The molecule has 2 rings (SSSR count). The summed E-state index contributed by atoms with van der Waals surface area (Å²) in [6.45, 7) is 10.6. The van der Waals surface area contributed by atoms with E-state index in [4.69, 9.17) is 18.9 Å². The van der Waals surface area contributed by atoms with E-state index in [1.807, 2.05) is 0 Å². The number of ether oxygens (including phenoxy) is 4. The Balaban J connectivity index is 1.91. The number of hydrogen-bond donors (Lipinski definition) is 0. The van der Waals surface area contributed by atoms with Gasteiger partial charge in [0.1, 0.15) is 0 Å². The normalized spacial score (nSPS) is 14.7. The minimum absolute atomic E-state index is 0.0549. The molecule has 0 unspecified atom stereocenters. The van der Waals surface area contributed by atoms with Crippen molar-refractivity contribution in [1.82, 2.24) is 0 Å².